The van der Waals surface area contributed by atoms with Gasteiger partial charge in [-0.05, 0) is 50.2 Å². The number of nitriles is 1. The van der Waals surface area contributed by atoms with Gasteiger partial charge in [-0.2, -0.15) is 5.26 Å². The molecule has 0 atom stereocenters. The quantitative estimate of drug-likeness (QED) is 0.945. The summed E-state index contributed by atoms with van der Waals surface area (Å²) in [5, 5.41) is 12.5. The third-order valence-electron chi connectivity index (χ3n) is 4.28. The molecule has 0 saturated carbocycles. The summed E-state index contributed by atoms with van der Waals surface area (Å²) in [5.74, 6) is 0.746. The van der Waals surface area contributed by atoms with E-state index in [1.807, 2.05) is 36.4 Å². The number of pyridine rings is 1. The molecule has 1 fully saturated rings. The van der Waals surface area contributed by atoms with Crippen LogP contribution in [0, 0.1) is 11.3 Å². The van der Waals surface area contributed by atoms with Gasteiger partial charge in [0.2, 0.25) is 0 Å². The number of nitrogens with one attached hydrogen (secondary N) is 1. The van der Waals surface area contributed by atoms with E-state index in [-0.39, 0.29) is 17.2 Å². The Labute approximate surface area is 135 Å². The molecule has 118 valence electrons. The second-order valence-electron chi connectivity index (χ2n) is 5.63. The summed E-state index contributed by atoms with van der Waals surface area (Å²) in [7, 11) is 1.62. The lowest BCUT2D eigenvalue weighted by Crippen LogP contribution is -2.35. The molecule has 0 unspecified atom stereocenters. The van der Waals surface area contributed by atoms with Crippen molar-refractivity contribution in [1.29, 1.82) is 5.26 Å². The number of hydrogen-bond acceptors (Lipinski definition) is 4. The van der Waals surface area contributed by atoms with Gasteiger partial charge in [0.25, 0.3) is 5.56 Å². The van der Waals surface area contributed by atoms with Crippen LogP contribution in [0.25, 0.3) is 11.3 Å². The molecule has 1 aliphatic heterocycles. The maximum Gasteiger partial charge on any atom is 0.269 e. The van der Waals surface area contributed by atoms with E-state index >= 15 is 0 Å². The molecule has 0 spiro atoms. The average Bonchev–Trinajstić information content (AvgIpc) is 2.62. The Morgan fingerprint density at radius 1 is 1.26 bits per heavy atom. The maximum atomic E-state index is 12.7. The molecule has 0 amide bonds. The predicted molar refractivity (Wildman–Crippen MR) is 88.5 cm³/mol. The lowest BCUT2D eigenvalue weighted by molar-refractivity contribution is 0.363. The summed E-state index contributed by atoms with van der Waals surface area (Å²) in [6, 6.07) is 13.2. The first kappa shape index (κ1) is 15.3. The van der Waals surface area contributed by atoms with Gasteiger partial charge >= 0.3 is 0 Å². The van der Waals surface area contributed by atoms with E-state index in [1.54, 1.807) is 17.7 Å². The first-order valence-electron chi connectivity index (χ1n) is 7.75. The lowest BCUT2D eigenvalue weighted by atomic mass is 10.0. The van der Waals surface area contributed by atoms with Gasteiger partial charge < -0.3 is 14.6 Å². The summed E-state index contributed by atoms with van der Waals surface area (Å²) in [6.45, 7) is 1.76. The average molecular weight is 309 g/mol. The Morgan fingerprint density at radius 3 is 2.74 bits per heavy atom. The second-order valence-corrected chi connectivity index (χ2v) is 5.63. The topological polar surface area (TPSA) is 67.0 Å². The van der Waals surface area contributed by atoms with E-state index in [0.717, 1.165) is 42.9 Å². The number of benzene rings is 1. The van der Waals surface area contributed by atoms with Crippen LogP contribution in [-0.2, 0) is 0 Å². The van der Waals surface area contributed by atoms with Crippen LogP contribution in [0.1, 0.15) is 24.4 Å². The fourth-order valence-corrected chi connectivity index (χ4v) is 3.08. The van der Waals surface area contributed by atoms with Crippen molar-refractivity contribution in [2.24, 2.45) is 0 Å². The van der Waals surface area contributed by atoms with Gasteiger partial charge in [0, 0.05) is 11.6 Å². The molecular weight excluding hydrogens is 290 g/mol. The van der Waals surface area contributed by atoms with E-state index in [1.165, 1.54) is 0 Å². The molecule has 0 aliphatic carbocycles. The molecule has 1 aromatic carbocycles. The van der Waals surface area contributed by atoms with Crippen LogP contribution in [0.2, 0.25) is 0 Å². The van der Waals surface area contributed by atoms with Crippen molar-refractivity contribution in [2.45, 2.75) is 18.9 Å². The molecule has 5 heteroatoms. The minimum absolute atomic E-state index is 0.109. The van der Waals surface area contributed by atoms with Gasteiger partial charge in [0.15, 0.2) is 0 Å². The molecule has 2 aromatic rings. The highest BCUT2D eigenvalue weighted by Crippen LogP contribution is 2.28. The largest absolute Gasteiger partial charge is 0.497 e. The van der Waals surface area contributed by atoms with E-state index in [0.29, 0.717) is 0 Å². The van der Waals surface area contributed by atoms with E-state index in [4.69, 9.17) is 4.74 Å². The minimum atomic E-state index is -0.209. The Balaban J connectivity index is 2.17. The molecule has 5 nitrogen and oxygen atoms in total. The van der Waals surface area contributed by atoms with Gasteiger partial charge in [-0.25, -0.2) is 0 Å². The van der Waals surface area contributed by atoms with Crippen LogP contribution in [0.4, 0.5) is 0 Å². The SMILES string of the molecule is COc1cccc(-c2ccc(C#N)c(=O)n2C2CCNCC2)c1. The number of ether oxygens (including phenoxy) is 1. The number of piperidine rings is 1. The molecule has 1 aliphatic rings. The summed E-state index contributed by atoms with van der Waals surface area (Å²) in [6.07, 6.45) is 1.76. The van der Waals surface area contributed by atoms with Crippen LogP contribution in [-0.4, -0.2) is 24.8 Å². The zero-order valence-electron chi connectivity index (χ0n) is 13.1. The van der Waals surface area contributed by atoms with Crippen molar-refractivity contribution in [3.63, 3.8) is 0 Å². The Hall–Kier alpha value is -2.58. The van der Waals surface area contributed by atoms with Crippen LogP contribution in [0.3, 0.4) is 0 Å². The molecule has 1 saturated heterocycles. The Morgan fingerprint density at radius 2 is 2.04 bits per heavy atom. The van der Waals surface area contributed by atoms with Gasteiger partial charge in [-0.1, -0.05) is 12.1 Å². The molecule has 1 aromatic heterocycles. The summed E-state index contributed by atoms with van der Waals surface area (Å²) < 4.78 is 7.07. The summed E-state index contributed by atoms with van der Waals surface area (Å²) in [4.78, 5) is 12.7. The van der Waals surface area contributed by atoms with Crippen LogP contribution >= 0.6 is 0 Å². The molecule has 3 rings (SSSR count). The number of methoxy groups -OCH3 is 1. The normalized spacial score (nSPS) is 15.1. The van der Waals surface area contributed by atoms with Crippen molar-refractivity contribution in [2.75, 3.05) is 20.2 Å². The maximum absolute atomic E-state index is 12.7. The standard InChI is InChI=1S/C18H19N3O2/c1-23-16-4-2-3-13(11-16)17-6-5-14(12-19)18(22)21(17)15-7-9-20-10-8-15/h2-6,11,15,20H,7-10H2,1H3. The van der Waals surface area contributed by atoms with Gasteiger partial charge in [0.05, 0.1) is 12.8 Å². The Bertz CT molecular complexity index is 799. The fraction of sp³-hybridized carbons (Fsp3) is 0.333. The molecule has 2 heterocycles. The zero-order chi connectivity index (χ0) is 16.2. The fourth-order valence-electron chi connectivity index (χ4n) is 3.08. The third-order valence-corrected chi connectivity index (χ3v) is 4.28. The highest BCUT2D eigenvalue weighted by atomic mass is 16.5. The molecule has 0 bridgehead atoms. The number of hydrogen-bond donors (Lipinski definition) is 1. The zero-order valence-corrected chi connectivity index (χ0v) is 13.1. The molecule has 0 radical (unpaired) electrons. The first-order valence-corrected chi connectivity index (χ1v) is 7.75. The van der Waals surface area contributed by atoms with Crippen LogP contribution < -0.4 is 15.6 Å². The minimum Gasteiger partial charge on any atom is -0.497 e. The van der Waals surface area contributed by atoms with Crippen molar-refractivity contribution < 1.29 is 4.74 Å². The molecular formula is C18H19N3O2. The smallest absolute Gasteiger partial charge is 0.269 e. The summed E-state index contributed by atoms with van der Waals surface area (Å²) >= 11 is 0. The van der Waals surface area contributed by atoms with Gasteiger partial charge in [-0.15, -0.1) is 0 Å². The monoisotopic (exact) mass is 309 g/mol. The van der Waals surface area contributed by atoms with Crippen molar-refractivity contribution >= 4 is 0 Å². The van der Waals surface area contributed by atoms with Gasteiger partial charge in [-0.3, -0.25) is 4.79 Å². The van der Waals surface area contributed by atoms with Crippen LogP contribution in [0.5, 0.6) is 5.75 Å². The van der Waals surface area contributed by atoms with Gasteiger partial charge in [0.1, 0.15) is 17.4 Å². The Kier molecular flexibility index (Phi) is 4.45. The number of nitrogens with zero attached hydrogens (tertiary/aromatic N) is 2. The van der Waals surface area contributed by atoms with E-state index in [9.17, 15) is 10.1 Å². The number of aromatic nitrogens is 1. The molecule has 1 N–H and O–H groups in total. The number of rotatable bonds is 3. The highest BCUT2D eigenvalue weighted by molar-refractivity contribution is 5.62. The molecule has 23 heavy (non-hydrogen) atoms. The third kappa shape index (κ3) is 2.99. The van der Waals surface area contributed by atoms with Crippen molar-refractivity contribution in [3.05, 3.63) is 52.3 Å². The van der Waals surface area contributed by atoms with Crippen LogP contribution in [0.15, 0.2) is 41.2 Å². The summed E-state index contributed by atoms with van der Waals surface area (Å²) in [5.41, 5.74) is 1.74. The van der Waals surface area contributed by atoms with E-state index in [2.05, 4.69) is 5.32 Å². The first-order chi connectivity index (χ1) is 11.2. The van der Waals surface area contributed by atoms with Crippen molar-refractivity contribution in [3.8, 4) is 23.1 Å². The second kappa shape index (κ2) is 6.67. The predicted octanol–water partition coefficient (Wildman–Crippen LogP) is 2.32. The highest BCUT2D eigenvalue weighted by Gasteiger charge is 2.21. The van der Waals surface area contributed by atoms with Crippen molar-refractivity contribution in [1.82, 2.24) is 9.88 Å². The lowest BCUT2D eigenvalue weighted by Gasteiger charge is -2.27. The van der Waals surface area contributed by atoms with E-state index < -0.39 is 0 Å².